The maximum Gasteiger partial charge on any atom is 0.341 e. The van der Waals surface area contributed by atoms with Gasteiger partial charge in [-0.2, -0.15) is 0 Å². The molecule has 0 spiro atoms. The summed E-state index contributed by atoms with van der Waals surface area (Å²) in [4.78, 5) is 15.7. The second-order valence-electron chi connectivity index (χ2n) is 3.48. The standard InChI is InChI=1S/C12H11ClN2O2/c1-2-17-12(16)9-5-7-3-4-8(13)6-10(7)15-11(9)14/h3-6H,2H2,1H3,(H2,14,15). The van der Waals surface area contributed by atoms with Crippen LogP contribution >= 0.6 is 11.6 Å². The third-order valence-corrected chi connectivity index (χ3v) is 2.54. The van der Waals surface area contributed by atoms with Crippen LogP contribution in [0.4, 0.5) is 5.82 Å². The molecule has 0 aliphatic heterocycles. The minimum absolute atomic E-state index is 0.151. The van der Waals surface area contributed by atoms with Gasteiger partial charge in [-0.25, -0.2) is 9.78 Å². The molecule has 88 valence electrons. The number of benzene rings is 1. The van der Waals surface area contributed by atoms with Crippen molar-refractivity contribution in [2.75, 3.05) is 12.3 Å². The van der Waals surface area contributed by atoms with Crippen molar-refractivity contribution in [2.24, 2.45) is 0 Å². The normalized spacial score (nSPS) is 10.5. The summed E-state index contributed by atoms with van der Waals surface area (Å²) in [5.41, 5.74) is 6.65. The first-order valence-corrected chi connectivity index (χ1v) is 5.52. The van der Waals surface area contributed by atoms with E-state index in [9.17, 15) is 4.79 Å². The van der Waals surface area contributed by atoms with Gasteiger partial charge < -0.3 is 10.5 Å². The molecule has 2 N–H and O–H groups in total. The first-order chi connectivity index (χ1) is 8.11. The van der Waals surface area contributed by atoms with E-state index in [0.717, 1.165) is 5.39 Å². The van der Waals surface area contributed by atoms with E-state index in [0.29, 0.717) is 17.1 Å². The van der Waals surface area contributed by atoms with Crippen LogP contribution in [0.5, 0.6) is 0 Å². The molecule has 0 unspecified atom stereocenters. The average Bonchev–Trinajstić information content (AvgIpc) is 2.28. The van der Waals surface area contributed by atoms with Gasteiger partial charge in [0, 0.05) is 10.4 Å². The summed E-state index contributed by atoms with van der Waals surface area (Å²) < 4.78 is 4.90. The van der Waals surface area contributed by atoms with Crippen LogP contribution in [-0.2, 0) is 4.74 Å². The molecule has 1 aromatic heterocycles. The molecule has 1 aromatic carbocycles. The Morgan fingerprint density at radius 2 is 2.24 bits per heavy atom. The van der Waals surface area contributed by atoms with Crippen LogP contribution in [0.2, 0.25) is 5.02 Å². The molecule has 17 heavy (non-hydrogen) atoms. The molecule has 2 rings (SSSR count). The summed E-state index contributed by atoms with van der Waals surface area (Å²) in [5.74, 6) is -0.312. The number of ether oxygens (including phenoxy) is 1. The van der Waals surface area contributed by atoms with Crippen molar-refractivity contribution in [2.45, 2.75) is 6.92 Å². The minimum Gasteiger partial charge on any atom is -0.462 e. The number of nitrogen functional groups attached to an aromatic ring is 1. The fourth-order valence-electron chi connectivity index (χ4n) is 1.53. The highest BCUT2D eigenvalue weighted by Gasteiger charge is 2.13. The van der Waals surface area contributed by atoms with Gasteiger partial charge in [0.25, 0.3) is 0 Å². The van der Waals surface area contributed by atoms with Crippen LogP contribution in [-0.4, -0.2) is 17.6 Å². The zero-order chi connectivity index (χ0) is 12.4. The molecule has 0 atom stereocenters. The monoisotopic (exact) mass is 250 g/mol. The highest BCUT2D eigenvalue weighted by Crippen LogP contribution is 2.22. The molecule has 0 saturated heterocycles. The molecule has 5 heteroatoms. The Morgan fingerprint density at radius 3 is 2.94 bits per heavy atom. The topological polar surface area (TPSA) is 65.2 Å². The number of fused-ring (bicyclic) bond motifs is 1. The number of carbonyl (C=O) groups is 1. The lowest BCUT2D eigenvalue weighted by Gasteiger charge is -2.06. The second-order valence-corrected chi connectivity index (χ2v) is 3.92. The number of nitrogens with two attached hydrogens (primary N) is 1. The summed E-state index contributed by atoms with van der Waals surface area (Å²) in [6.45, 7) is 2.04. The number of carbonyl (C=O) groups excluding carboxylic acids is 1. The Labute approximate surface area is 103 Å². The lowest BCUT2D eigenvalue weighted by atomic mass is 10.1. The molecule has 0 bridgehead atoms. The van der Waals surface area contributed by atoms with E-state index in [2.05, 4.69) is 4.98 Å². The number of halogens is 1. The number of aromatic nitrogens is 1. The van der Waals surface area contributed by atoms with Crippen molar-refractivity contribution in [3.05, 3.63) is 34.9 Å². The predicted octanol–water partition coefficient (Wildman–Crippen LogP) is 2.65. The van der Waals surface area contributed by atoms with Crippen molar-refractivity contribution in [1.29, 1.82) is 0 Å². The van der Waals surface area contributed by atoms with Gasteiger partial charge in [0.05, 0.1) is 12.1 Å². The fourth-order valence-corrected chi connectivity index (χ4v) is 1.69. The van der Waals surface area contributed by atoms with E-state index in [1.165, 1.54) is 0 Å². The summed E-state index contributed by atoms with van der Waals surface area (Å²) in [7, 11) is 0. The lowest BCUT2D eigenvalue weighted by Crippen LogP contribution is -2.09. The lowest BCUT2D eigenvalue weighted by molar-refractivity contribution is 0.0527. The Kier molecular flexibility index (Phi) is 3.15. The summed E-state index contributed by atoms with van der Waals surface area (Å²) >= 11 is 5.85. The molecule has 0 amide bonds. The van der Waals surface area contributed by atoms with E-state index in [1.807, 2.05) is 0 Å². The van der Waals surface area contributed by atoms with E-state index in [4.69, 9.17) is 22.1 Å². The molecular formula is C12H11ClN2O2. The number of anilines is 1. The zero-order valence-corrected chi connectivity index (χ0v) is 9.99. The van der Waals surface area contributed by atoms with Crippen LogP contribution in [0.25, 0.3) is 10.9 Å². The van der Waals surface area contributed by atoms with E-state index >= 15 is 0 Å². The molecule has 0 fully saturated rings. The third kappa shape index (κ3) is 2.31. The van der Waals surface area contributed by atoms with Crippen LogP contribution in [0, 0.1) is 0 Å². The van der Waals surface area contributed by atoms with Crippen LogP contribution in [0.1, 0.15) is 17.3 Å². The molecule has 0 aliphatic carbocycles. The Hall–Kier alpha value is -1.81. The number of esters is 1. The van der Waals surface area contributed by atoms with Gasteiger partial charge in [-0.3, -0.25) is 0 Å². The van der Waals surface area contributed by atoms with Crippen LogP contribution in [0.15, 0.2) is 24.3 Å². The Bertz CT molecular complexity index is 584. The first-order valence-electron chi connectivity index (χ1n) is 5.14. The van der Waals surface area contributed by atoms with Crippen molar-refractivity contribution >= 4 is 34.3 Å². The highest BCUT2D eigenvalue weighted by atomic mass is 35.5. The van der Waals surface area contributed by atoms with Gasteiger partial charge in [0.2, 0.25) is 0 Å². The first kappa shape index (κ1) is 11.7. The molecule has 0 aliphatic rings. The van der Waals surface area contributed by atoms with Crippen LogP contribution < -0.4 is 5.73 Å². The summed E-state index contributed by atoms with van der Waals surface area (Å²) in [6.07, 6.45) is 0. The molecular weight excluding hydrogens is 240 g/mol. The molecule has 1 heterocycles. The number of hydrogen-bond acceptors (Lipinski definition) is 4. The second kappa shape index (κ2) is 4.59. The van der Waals surface area contributed by atoms with Gasteiger partial charge in [-0.05, 0) is 25.1 Å². The average molecular weight is 251 g/mol. The highest BCUT2D eigenvalue weighted by molar-refractivity contribution is 6.31. The number of rotatable bonds is 2. The number of hydrogen-bond donors (Lipinski definition) is 1. The molecule has 4 nitrogen and oxygen atoms in total. The minimum atomic E-state index is -0.464. The predicted molar refractivity (Wildman–Crippen MR) is 67.1 cm³/mol. The Morgan fingerprint density at radius 1 is 1.47 bits per heavy atom. The maximum absolute atomic E-state index is 11.6. The van der Waals surface area contributed by atoms with Crippen molar-refractivity contribution in [3.8, 4) is 0 Å². The smallest absolute Gasteiger partial charge is 0.341 e. The van der Waals surface area contributed by atoms with Gasteiger partial charge >= 0.3 is 5.97 Å². The fraction of sp³-hybridized carbons (Fsp3) is 0.167. The quantitative estimate of drug-likeness (QED) is 0.832. The Balaban J connectivity index is 2.55. The largest absolute Gasteiger partial charge is 0.462 e. The maximum atomic E-state index is 11.6. The van der Waals surface area contributed by atoms with E-state index in [1.54, 1.807) is 31.2 Å². The van der Waals surface area contributed by atoms with E-state index in [-0.39, 0.29) is 11.4 Å². The van der Waals surface area contributed by atoms with Crippen molar-refractivity contribution in [1.82, 2.24) is 4.98 Å². The molecule has 0 saturated carbocycles. The number of nitrogens with zero attached hydrogens (tertiary/aromatic N) is 1. The van der Waals surface area contributed by atoms with Crippen molar-refractivity contribution < 1.29 is 9.53 Å². The van der Waals surface area contributed by atoms with Gasteiger partial charge in [-0.15, -0.1) is 0 Å². The third-order valence-electron chi connectivity index (χ3n) is 2.30. The van der Waals surface area contributed by atoms with E-state index < -0.39 is 5.97 Å². The zero-order valence-electron chi connectivity index (χ0n) is 9.24. The van der Waals surface area contributed by atoms with Gasteiger partial charge in [0.15, 0.2) is 0 Å². The summed E-state index contributed by atoms with van der Waals surface area (Å²) in [5, 5.41) is 1.37. The van der Waals surface area contributed by atoms with Gasteiger partial charge in [-0.1, -0.05) is 17.7 Å². The molecule has 2 aromatic rings. The number of pyridine rings is 1. The van der Waals surface area contributed by atoms with Gasteiger partial charge in [0.1, 0.15) is 11.4 Å². The van der Waals surface area contributed by atoms with Crippen LogP contribution in [0.3, 0.4) is 0 Å². The summed E-state index contributed by atoms with van der Waals surface area (Å²) in [6, 6.07) is 6.87. The van der Waals surface area contributed by atoms with Crippen molar-refractivity contribution in [3.63, 3.8) is 0 Å². The molecule has 0 radical (unpaired) electrons. The SMILES string of the molecule is CCOC(=O)c1cc2ccc(Cl)cc2nc1N.